The van der Waals surface area contributed by atoms with Gasteiger partial charge in [0.1, 0.15) is 11.4 Å². The quantitative estimate of drug-likeness (QED) is 0.439. The van der Waals surface area contributed by atoms with Gasteiger partial charge in [0.15, 0.2) is 0 Å². The Kier molecular flexibility index (Phi) is 6.50. The number of carbonyl (C=O) groups excluding carboxylic acids is 1. The number of aryl methyl sites for hydroxylation is 1. The molecule has 0 radical (unpaired) electrons. The molecule has 0 aliphatic heterocycles. The van der Waals surface area contributed by atoms with Gasteiger partial charge in [-0.2, -0.15) is 0 Å². The number of carbonyl (C=O) groups is 1. The molecule has 0 fully saturated rings. The SMILES string of the molecule is Cc1nc2ccc(CNC(=O)OC(C)(C)C)cc2c(=O)n1C(c1ccccc1)c1ccccc1. The lowest BCUT2D eigenvalue weighted by atomic mass is 9.98. The minimum Gasteiger partial charge on any atom is -0.444 e. The van der Waals surface area contributed by atoms with E-state index in [4.69, 9.17) is 9.72 Å². The molecule has 1 aromatic heterocycles. The van der Waals surface area contributed by atoms with Crippen molar-refractivity contribution in [2.45, 2.75) is 45.9 Å². The largest absolute Gasteiger partial charge is 0.444 e. The second kappa shape index (κ2) is 9.51. The first-order valence-corrected chi connectivity index (χ1v) is 11.3. The number of hydrogen-bond acceptors (Lipinski definition) is 4. The summed E-state index contributed by atoms with van der Waals surface area (Å²) in [6.07, 6.45) is -0.500. The van der Waals surface area contributed by atoms with Crippen molar-refractivity contribution in [1.29, 1.82) is 0 Å². The van der Waals surface area contributed by atoms with Crippen molar-refractivity contribution in [2.75, 3.05) is 0 Å². The molecule has 6 nitrogen and oxygen atoms in total. The molecule has 34 heavy (non-hydrogen) atoms. The number of ether oxygens (including phenoxy) is 1. The van der Waals surface area contributed by atoms with Crippen molar-refractivity contribution in [3.8, 4) is 0 Å². The highest BCUT2D eigenvalue weighted by atomic mass is 16.6. The molecule has 0 saturated heterocycles. The van der Waals surface area contributed by atoms with E-state index in [0.29, 0.717) is 16.7 Å². The van der Waals surface area contributed by atoms with E-state index in [0.717, 1.165) is 16.7 Å². The summed E-state index contributed by atoms with van der Waals surface area (Å²) in [6, 6.07) is 25.1. The lowest BCUT2D eigenvalue weighted by molar-refractivity contribution is 0.0523. The van der Waals surface area contributed by atoms with Crippen molar-refractivity contribution >= 4 is 17.0 Å². The molecule has 1 heterocycles. The summed E-state index contributed by atoms with van der Waals surface area (Å²) in [5.74, 6) is 0.634. The van der Waals surface area contributed by atoms with Crippen LogP contribution in [0.4, 0.5) is 4.79 Å². The molecule has 0 spiro atoms. The van der Waals surface area contributed by atoms with Crippen LogP contribution in [0, 0.1) is 6.92 Å². The van der Waals surface area contributed by atoms with Crippen LogP contribution >= 0.6 is 0 Å². The minimum atomic E-state index is -0.577. The van der Waals surface area contributed by atoms with Gasteiger partial charge in [-0.05, 0) is 56.5 Å². The molecule has 1 amide bonds. The van der Waals surface area contributed by atoms with Crippen LogP contribution in [0.3, 0.4) is 0 Å². The highest BCUT2D eigenvalue weighted by molar-refractivity contribution is 5.78. The summed E-state index contributed by atoms with van der Waals surface area (Å²) in [5, 5.41) is 3.26. The topological polar surface area (TPSA) is 73.2 Å². The molecule has 4 rings (SSSR count). The summed E-state index contributed by atoms with van der Waals surface area (Å²) in [5.41, 5.74) is 2.72. The van der Waals surface area contributed by atoms with Crippen LogP contribution in [0.1, 0.15) is 49.3 Å². The van der Waals surface area contributed by atoms with Crippen molar-refractivity contribution in [2.24, 2.45) is 0 Å². The smallest absolute Gasteiger partial charge is 0.407 e. The number of alkyl carbamates (subject to hydrolysis) is 1. The monoisotopic (exact) mass is 455 g/mol. The van der Waals surface area contributed by atoms with Gasteiger partial charge in [-0.1, -0.05) is 66.7 Å². The van der Waals surface area contributed by atoms with Crippen molar-refractivity contribution in [3.05, 3.63) is 112 Å². The van der Waals surface area contributed by atoms with E-state index in [-0.39, 0.29) is 18.1 Å². The average Bonchev–Trinajstić information content (AvgIpc) is 2.80. The predicted octanol–water partition coefficient (Wildman–Crippen LogP) is 5.37. The molecule has 4 aromatic rings. The first-order valence-electron chi connectivity index (χ1n) is 11.3. The number of fused-ring (bicyclic) bond motifs is 1. The third-order valence-corrected chi connectivity index (χ3v) is 5.47. The zero-order valence-corrected chi connectivity index (χ0v) is 19.9. The molecule has 0 aliphatic rings. The Hall–Kier alpha value is -3.93. The number of aromatic nitrogens is 2. The molecule has 0 saturated carbocycles. The van der Waals surface area contributed by atoms with Gasteiger partial charge in [-0.15, -0.1) is 0 Å². The van der Waals surface area contributed by atoms with Crippen LogP contribution in [0.15, 0.2) is 83.7 Å². The fourth-order valence-electron chi connectivity index (χ4n) is 4.02. The molecular formula is C28H29N3O3. The van der Waals surface area contributed by atoms with E-state index >= 15 is 0 Å². The van der Waals surface area contributed by atoms with E-state index in [9.17, 15) is 9.59 Å². The van der Waals surface area contributed by atoms with E-state index in [1.54, 1.807) is 10.6 Å². The minimum absolute atomic E-state index is 0.126. The first-order chi connectivity index (χ1) is 16.2. The zero-order chi connectivity index (χ0) is 24.3. The third-order valence-electron chi connectivity index (χ3n) is 5.47. The number of benzene rings is 3. The normalized spacial score (nSPS) is 11.6. The van der Waals surface area contributed by atoms with Gasteiger partial charge in [0.25, 0.3) is 5.56 Å². The maximum Gasteiger partial charge on any atom is 0.407 e. The van der Waals surface area contributed by atoms with E-state index in [2.05, 4.69) is 5.32 Å². The lowest BCUT2D eigenvalue weighted by Crippen LogP contribution is -2.32. The maximum atomic E-state index is 13.8. The molecular weight excluding hydrogens is 426 g/mol. The summed E-state index contributed by atoms with van der Waals surface area (Å²) in [7, 11) is 0. The van der Waals surface area contributed by atoms with Crippen LogP contribution < -0.4 is 10.9 Å². The number of nitrogens with one attached hydrogen (secondary N) is 1. The predicted molar refractivity (Wildman–Crippen MR) is 134 cm³/mol. The standard InChI is InChI=1S/C28H29N3O3/c1-19-30-24-16-15-20(18-29-27(33)34-28(2,3)4)17-23(24)26(32)31(19)25(21-11-7-5-8-12-21)22-13-9-6-10-14-22/h5-17,25H,18H2,1-4H3,(H,29,33). The van der Waals surface area contributed by atoms with Gasteiger partial charge in [-0.3, -0.25) is 9.36 Å². The molecule has 3 aromatic carbocycles. The van der Waals surface area contributed by atoms with E-state index < -0.39 is 11.7 Å². The van der Waals surface area contributed by atoms with Gasteiger partial charge >= 0.3 is 6.09 Å². The zero-order valence-electron chi connectivity index (χ0n) is 19.9. The van der Waals surface area contributed by atoms with Gasteiger partial charge in [0.05, 0.1) is 16.9 Å². The summed E-state index contributed by atoms with van der Waals surface area (Å²) >= 11 is 0. The molecule has 0 bridgehead atoms. The Balaban J connectivity index is 1.77. The Labute approximate surface area is 199 Å². The van der Waals surface area contributed by atoms with Crippen LogP contribution in [-0.2, 0) is 11.3 Å². The summed E-state index contributed by atoms with van der Waals surface area (Å²) in [6.45, 7) is 7.55. The Morgan fingerprint density at radius 1 is 0.971 bits per heavy atom. The molecule has 0 unspecified atom stereocenters. The van der Waals surface area contributed by atoms with Crippen molar-refractivity contribution in [1.82, 2.24) is 14.9 Å². The molecule has 0 aliphatic carbocycles. The number of hydrogen-bond donors (Lipinski definition) is 1. The fraction of sp³-hybridized carbons (Fsp3) is 0.250. The molecule has 6 heteroatoms. The molecule has 1 N–H and O–H groups in total. The first kappa shape index (κ1) is 23.2. The van der Waals surface area contributed by atoms with Crippen LogP contribution in [-0.4, -0.2) is 21.2 Å². The van der Waals surface area contributed by atoms with Crippen LogP contribution in [0.5, 0.6) is 0 Å². The fourth-order valence-corrected chi connectivity index (χ4v) is 4.02. The Morgan fingerprint density at radius 3 is 2.12 bits per heavy atom. The van der Waals surface area contributed by atoms with E-state index in [1.807, 2.05) is 100 Å². The molecule has 174 valence electrons. The molecule has 0 atom stereocenters. The Bertz CT molecular complexity index is 1320. The number of amides is 1. The van der Waals surface area contributed by atoms with Crippen molar-refractivity contribution in [3.63, 3.8) is 0 Å². The highest BCUT2D eigenvalue weighted by Crippen LogP contribution is 2.27. The van der Waals surface area contributed by atoms with Crippen LogP contribution in [0.2, 0.25) is 0 Å². The van der Waals surface area contributed by atoms with E-state index in [1.165, 1.54) is 0 Å². The van der Waals surface area contributed by atoms with Gasteiger partial charge in [-0.25, -0.2) is 9.78 Å². The summed E-state index contributed by atoms with van der Waals surface area (Å²) in [4.78, 5) is 30.6. The second-order valence-electron chi connectivity index (χ2n) is 9.27. The lowest BCUT2D eigenvalue weighted by Gasteiger charge is -2.23. The van der Waals surface area contributed by atoms with Crippen molar-refractivity contribution < 1.29 is 9.53 Å². The number of nitrogens with zero attached hydrogens (tertiary/aromatic N) is 2. The number of rotatable bonds is 5. The second-order valence-corrected chi connectivity index (χ2v) is 9.27. The summed E-state index contributed by atoms with van der Waals surface area (Å²) < 4.78 is 7.05. The van der Waals surface area contributed by atoms with Gasteiger partial charge in [0, 0.05) is 6.54 Å². The Morgan fingerprint density at radius 2 is 1.56 bits per heavy atom. The van der Waals surface area contributed by atoms with Gasteiger partial charge < -0.3 is 10.1 Å². The van der Waals surface area contributed by atoms with Gasteiger partial charge in [0.2, 0.25) is 0 Å². The maximum absolute atomic E-state index is 13.8. The third kappa shape index (κ3) is 5.17. The average molecular weight is 456 g/mol. The highest BCUT2D eigenvalue weighted by Gasteiger charge is 2.21. The van der Waals surface area contributed by atoms with Crippen LogP contribution in [0.25, 0.3) is 10.9 Å².